The molecule has 3 aromatic carbocycles. The van der Waals surface area contributed by atoms with Crippen LogP contribution in [-0.4, -0.2) is 33.4 Å². The van der Waals surface area contributed by atoms with Crippen LogP contribution < -0.4 is 9.47 Å². The van der Waals surface area contributed by atoms with Crippen molar-refractivity contribution in [2.24, 2.45) is 0 Å². The molecule has 0 spiro atoms. The molecule has 0 aliphatic heterocycles. The van der Waals surface area contributed by atoms with Crippen LogP contribution in [0.2, 0.25) is 0 Å². The minimum absolute atomic E-state index is 0.0336. The van der Waals surface area contributed by atoms with E-state index in [1.165, 1.54) is 25.3 Å². The van der Waals surface area contributed by atoms with Crippen LogP contribution in [0, 0.1) is 0 Å². The van der Waals surface area contributed by atoms with E-state index in [2.05, 4.69) is 4.74 Å². The summed E-state index contributed by atoms with van der Waals surface area (Å²) in [7, 11) is 2.38. The van der Waals surface area contributed by atoms with Crippen molar-refractivity contribution in [2.75, 3.05) is 27.4 Å². The van der Waals surface area contributed by atoms with Crippen molar-refractivity contribution in [2.45, 2.75) is 12.6 Å². The van der Waals surface area contributed by atoms with Crippen molar-refractivity contribution >= 4 is 12.0 Å². The third-order valence-corrected chi connectivity index (χ3v) is 4.99. The van der Waals surface area contributed by atoms with Gasteiger partial charge < -0.3 is 18.9 Å². The first-order chi connectivity index (χ1) is 16.8. The van der Waals surface area contributed by atoms with Crippen LogP contribution in [0.3, 0.4) is 0 Å². The zero-order chi connectivity index (χ0) is 25.3. The molecule has 0 amide bonds. The van der Waals surface area contributed by atoms with E-state index in [1.807, 2.05) is 54.6 Å². The number of rotatable bonds is 10. The van der Waals surface area contributed by atoms with Crippen LogP contribution in [0.15, 0.2) is 78.6 Å². The lowest BCUT2D eigenvalue weighted by molar-refractivity contribution is -0.139. The number of esters is 1. The molecule has 0 aliphatic carbocycles. The highest BCUT2D eigenvalue weighted by atomic mass is 19.4. The monoisotopic (exact) mass is 486 g/mol. The first-order valence-corrected chi connectivity index (χ1v) is 10.8. The Hall–Kier alpha value is -3.94. The van der Waals surface area contributed by atoms with Crippen molar-refractivity contribution < 1.29 is 36.9 Å². The summed E-state index contributed by atoms with van der Waals surface area (Å²) < 4.78 is 61.2. The number of benzene rings is 3. The van der Waals surface area contributed by atoms with Crippen LogP contribution in [-0.2, 0) is 20.4 Å². The maximum atomic E-state index is 13.6. The lowest BCUT2D eigenvalue weighted by Gasteiger charge is -2.15. The topological polar surface area (TPSA) is 54.0 Å². The van der Waals surface area contributed by atoms with E-state index in [4.69, 9.17) is 14.2 Å². The molecule has 184 valence electrons. The van der Waals surface area contributed by atoms with Gasteiger partial charge in [0.15, 0.2) is 0 Å². The molecule has 8 heteroatoms. The molecule has 0 saturated carbocycles. The molecule has 0 bridgehead atoms. The Kier molecular flexibility index (Phi) is 8.78. The van der Waals surface area contributed by atoms with E-state index in [-0.39, 0.29) is 30.3 Å². The van der Waals surface area contributed by atoms with Crippen molar-refractivity contribution in [3.63, 3.8) is 0 Å². The van der Waals surface area contributed by atoms with Gasteiger partial charge in [0.2, 0.25) is 5.76 Å². The summed E-state index contributed by atoms with van der Waals surface area (Å²) in [6.45, 7) is 0.315. The normalized spacial score (nSPS) is 11.6. The largest absolute Gasteiger partial charge is 0.493 e. The van der Waals surface area contributed by atoms with Crippen LogP contribution >= 0.6 is 0 Å². The second kappa shape index (κ2) is 12.0. The SMILES string of the molecule is COC(=O)C(=Cc1ccc(OCCCOc2ccc(-c3ccccc3)cc2)c(C(F)(F)F)c1)OC. The average Bonchev–Trinajstić information content (AvgIpc) is 2.87. The lowest BCUT2D eigenvalue weighted by Crippen LogP contribution is -2.11. The fraction of sp³-hybridized carbons (Fsp3) is 0.222. The van der Waals surface area contributed by atoms with Crippen molar-refractivity contribution in [1.82, 2.24) is 0 Å². The molecule has 5 nitrogen and oxygen atoms in total. The maximum Gasteiger partial charge on any atom is 0.419 e. The molecule has 3 rings (SSSR count). The molecule has 3 aromatic rings. The molecular formula is C27H25F3O5. The maximum absolute atomic E-state index is 13.6. The zero-order valence-corrected chi connectivity index (χ0v) is 19.3. The highest BCUT2D eigenvalue weighted by Crippen LogP contribution is 2.37. The predicted octanol–water partition coefficient (Wildman–Crippen LogP) is 6.38. The van der Waals surface area contributed by atoms with E-state index >= 15 is 0 Å². The molecule has 0 N–H and O–H groups in total. The van der Waals surface area contributed by atoms with Gasteiger partial charge in [-0.3, -0.25) is 0 Å². The quantitative estimate of drug-likeness (QED) is 0.144. The molecule has 35 heavy (non-hydrogen) atoms. The number of hydrogen-bond acceptors (Lipinski definition) is 5. The zero-order valence-electron chi connectivity index (χ0n) is 19.3. The lowest BCUT2D eigenvalue weighted by atomic mass is 10.1. The van der Waals surface area contributed by atoms with Crippen LogP contribution in [0.5, 0.6) is 11.5 Å². The van der Waals surface area contributed by atoms with Gasteiger partial charge in [0, 0.05) is 6.42 Å². The van der Waals surface area contributed by atoms with Gasteiger partial charge >= 0.3 is 12.1 Å². The molecule has 0 atom stereocenters. The minimum atomic E-state index is -4.64. The highest BCUT2D eigenvalue weighted by molar-refractivity contribution is 5.91. The first kappa shape index (κ1) is 25.7. The van der Waals surface area contributed by atoms with Gasteiger partial charge in [-0.05, 0) is 47.0 Å². The van der Waals surface area contributed by atoms with Gasteiger partial charge in [0.05, 0.1) is 33.0 Å². The minimum Gasteiger partial charge on any atom is -0.493 e. The Morgan fingerprint density at radius 2 is 1.49 bits per heavy atom. The second-order valence-corrected chi connectivity index (χ2v) is 7.40. The molecule has 0 aliphatic rings. The third kappa shape index (κ3) is 7.27. The fourth-order valence-electron chi connectivity index (χ4n) is 3.24. The van der Waals surface area contributed by atoms with Crippen LogP contribution in [0.4, 0.5) is 13.2 Å². The van der Waals surface area contributed by atoms with Gasteiger partial charge in [-0.1, -0.05) is 48.5 Å². The van der Waals surface area contributed by atoms with Gasteiger partial charge in [-0.15, -0.1) is 0 Å². The van der Waals surface area contributed by atoms with Gasteiger partial charge in [0.25, 0.3) is 0 Å². The number of methoxy groups -OCH3 is 2. The smallest absolute Gasteiger partial charge is 0.419 e. The molecular weight excluding hydrogens is 461 g/mol. The highest BCUT2D eigenvalue weighted by Gasteiger charge is 2.34. The molecule has 0 radical (unpaired) electrons. The van der Waals surface area contributed by atoms with Gasteiger partial charge in [-0.2, -0.15) is 13.2 Å². The summed E-state index contributed by atoms with van der Waals surface area (Å²) in [6.07, 6.45) is -3.09. The molecule has 0 heterocycles. The van der Waals surface area contributed by atoms with E-state index in [1.54, 1.807) is 0 Å². The number of carbonyl (C=O) groups excluding carboxylic acids is 1. The summed E-state index contributed by atoms with van der Waals surface area (Å²) in [4.78, 5) is 11.6. The fourth-order valence-corrected chi connectivity index (χ4v) is 3.24. The van der Waals surface area contributed by atoms with Crippen molar-refractivity contribution in [3.8, 4) is 22.6 Å². The Labute approximate surface area is 201 Å². The van der Waals surface area contributed by atoms with E-state index < -0.39 is 17.7 Å². The first-order valence-electron chi connectivity index (χ1n) is 10.8. The number of hydrogen-bond donors (Lipinski definition) is 0. The third-order valence-electron chi connectivity index (χ3n) is 4.99. The molecule has 0 aromatic heterocycles. The Bertz CT molecular complexity index is 1140. The Morgan fingerprint density at radius 3 is 2.11 bits per heavy atom. The summed E-state index contributed by atoms with van der Waals surface area (Å²) in [6, 6.07) is 21.0. The summed E-state index contributed by atoms with van der Waals surface area (Å²) >= 11 is 0. The number of halogens is 3. The van der Waals surface area contributed by atoms with E-state index in [9.17, 15) is 18.0 Å². The summed E-state index contributed by atoms with van der Waals surface area (Å²) in [5, 5.41) is 0. The van der Waals surface area contributed by atoms with E-state index in [0.29, 0.717) is 12.2 Å². The predicted molar refractivity (Wildman–Crippen MR) is 126 cm³/mol. The Morgan fingerprint density at radius 1 is 0.829 bits per heavy atom. The summed E-state index contributed by atoms with van der Waals surface area (Å²) in [5.74, 6) is -0.658. The number of carbonyl (C=O) groups is 1. The summed E-state index contributed by atoms with van der Waals surface area (Å²) in [5.41, 5.74) is 1.32. The van der Waals surface area contributed by atoms with Crippen LogP contribution in [0.25, 0.3) is 17.2 Å². The Balaban J connectivity index is 1.57. The van der Waals surface area contributed by atoms with Gasteiger partial charge in [0.1, 0.15) is 11.5 Å². The van der Waals surface area contributed by atoms with E-state index in [0.717, 1.165) is 24.3 Å². The molecule has 0 saturated heterocycles. The van der Waals surface area contributed by atoms with Crippen molar-refractivity contribution in [1.29, 1.82) is 0 Å². The molecule has 0 unspecified atom stereocenters. The average molecular weight is 486 g/mol. The standard InChI is InChI=1S/C27H25F3O5/c1-32-25(26(31)33-2)18-19-9-14-24(23(17-19)27(28,29)30)35-16-6-15-34-22-12-10-21(11-13-22)20-7-4-3-5-8-20/h3-5,7-14,17-18H,6,15-16H2,1-2H3. The number of ether oxygens (including phenoxy) is 4. The van der Waals surface area contributed by atoms with Crippen LogP contribution in [0.1, 0.15) is 17.5 Å². The number of alkyl halides is 3. The van der Waals surface area contributed by atoms with Gasteiger partial charge in [-0.25, -0.2) is 4.79 Å². The second-order valence-electron chi connectivity index (χ2n) is 7.40. The van der Waals surface area contributed by atoms with Crippen molar-refractivity contribution in [3.05, 3.63) is 89.7 Å². The molecule has 0 fully saturated rings.